The van der Waals surface area contributed by atoms with E-state index < -0.39 is 0 Å². The zero-order chi connectivity index (χ0) is 20.1. The van der Waals surface area contributed by atoms with Crippen molar-refractivity contribution in [3.63, 3.8) is 0 Å². The summed E-state index contributed by atoms with van der Waals surface area (Å²) in [6.45, 7) is 2.61. The van der Waals surface area contributed by atoms with E-state index in [-0.39, 0.29) is 18.2 Å². The molecule has 0 radical (unpaired) electrons. The van der Waals surface area contributed by atoms with Crippen LogP contribution in [0.4, 0.5) is 0 Å². The lowest BCUT2D eigenvalue weighted by Gasteiger charge is -2.33. The molecule has 1 heterocycles. The van der Waals surface area contributed by atoms with Crippen LogP contribution in [0.2, 0.25) is 0 Å². The number of nitrogens with zero attached hydrogens (tertiary/aromatic N) is 3. The first kappa shape index (κ1) is 19.3. The maximum Gasteiger partial charge on any atom is 0.161 e. The van der Waals surface area contributed by atoms with Gasteiger partial charge >= 0.3 is 0 Å². The minimum Gasteiger partial charge on any atom is -0.373 e. The third-order valence-electron chi connectivity index (χ3n) is 5.15. The van der Waals surface area contributed by atoms with Crippen LogP contribution >= 0.6 is 0 Å². The van der Waals surface area contributed by atoms with Crippen LogP contribution < -0.4 is 0 Å². The Morgan fingerprint density at radius 1 is 0.828 bits per heavy atom. The van der Waals surface area contributed by atoms with Crippen molar-refractivity contribution in [1.82, 2.24) is 15.0 Å². The van der Waals surface area contributed by atoms with Gasteiger partial charge in [0.05, 0.1) is 17.5 Å². The SMILES string of the molecule is CCO[C@@H](c1ccccc1)[C@H](c1ccccc1)[C@@H](OC)n1nnc2ccccc21. The van der Waals surface area contributed by atoms with Crippen LogP contribution in [0.25, 0.3) is 11.0 Å². The van der Waals surface area contributed by atoms with Crippen LogP contribution in [0.3, 0.4) is 0 Å². The molecule has 3 atom stereocenters. The Hall–Kier alpha value is -3.02. The molecule has 0 N–H and O–H groups in total. The first-order valence-electron chi connectivity index (χ1n) is 9.87. The molecule has 3 aromatic carbocycles. The molecule has 0 saturated carbocycles. The molecule has 0 spiro atoms. The van der Waals surface area contributed by atoms with E-state index >= 15 is 0 Å². The fourth-order valence-corrected chi connectivity index (χ4v) is 3.87. The van der Waals surface area contributed by atoms with Crippen molar-refractivity contribution in [2.45, 2.75) is 25.2 Å². The molecule has 0 fully saturated rings. The summed E-state index contributed by atoms with van der Waals surface area (Å²) in [5.41, 5.74) is 4.01. The lowest BCUT2D eigenvalue weighted by molar-refractivity contribution is -0.0543. The maximum absolute atomic E-state index is 6.30. The van der Waals surface area contributed by atoms with E-state index in [0.717, 1.165) is 22.2 Å². The van der Waals surface area contributed by atoms with Gasteiger partial charge in [0.2, 0.25) is 0 Å². The molecule has 5 heteroatoms. The van der Waals surface area contributed by atoms with Gasteiger partial charge in [0, 0.05) is 13.7 Å². The predicted octanol–water partition coefficient (Wildman–Crippen LogP) is 5.14. The topological polar surface area (TPSA) is 49.2 Å². The minimum atomic E-state index is -0.387. The lowest BCUT2D eigenvalue weighted by atomic mass is 9.87. The number of hydrogen-bond acceptors (Lipinski definition) is 4. The van der Waals surface area contributed by atoms with Crippen LogP contribution in [0.15, 0.2) is 84.9 Å². The number of aromatic nitrogens is 3. The van der Waals surface area contributed by atoms with E-state index in [1.165, 1.54) is 0 Å². The average Bonchev–Trinajstić information content (AvgIpc) is 3.21. The molecular formula is C24H25N3O2. The summed E-state index contributed by atoms with van der Waals surface area (Å²) < 4.78 is 14.2. The van der Waals surface area contributed by atoms with Crippen molar-refractivity contribution >= 4 is 11.0 Å². The first-order valence-corrected chi connectivity index (χ1v) is 9.87. The fourth-order valence-electron chi connectivity index (χ4n) is 3.87. The van der Waals surface area contributed by atoms with Gasteiger partial charge in [-0.15, -0.1) is 5.10 Å². The molecule has 0 unspecified atom stereocenters. The van der Waals surface area contributed by atoms with Crippen LogP contribution in [-0.4, -0.2) is 28.7 Å². The molecule has 0 aliphatic heterocycles. The van der Waals surface area contributed by atoms with Gasteiger partial charge < -0.3 is 9.47 Å². The lowest BCUT2D eigenvalue weighted by Crippen LogP contribution is -2.27. The summed E-state index contributed by atoms with van der Waals surface area (Å²) in [6.07, 6.45) is -0.585. The van der Waals surface area contributed by atoms with E-state index in [1.54, 1.807) is 7.11 Å². The van der Waals surface area contributed by atoms with Gasteiger partial charge in [-0.05, 0) is 30.2 Å². The minimum absolute atomic E-state index is 0.117. The molecule has 0 aliphatic rings. The highest BCUT2D eigenvalue weighted by Gasteiger charge is 2.35. The normalized spacial score (nSPS) is 14.6. The van der Waals surface area contributed by atoms with Gasteiger partial charge in [-0.1, -0.05) is 78.0 Å². The van der Waals surface area contributed by atoms with Crippen molar-refractivity contribution < 1.29 is 9.47 Å². The van der Waals surface area contributed by atoms with E-state index in [1.807, 2.05) is 72.3 Å². The molecule has 1 aromatic heterocycles. The Morgan fingerprint density at radius 2 is 1.45 bits per heavy atom. The Kier molecular flexibility index (Phi) is 5.98. The Balaban J connectivity index is 1.87. The van der Waals surface area contributed by atoms with Crippen molar-refractivity contribution in [2.24, 2.45) is 0 Å². The molecule has 0 amide bonds. The van der Waals surface area contributed by atoms with Crippen LogP contribution in [-0.2, 0) is 9.47 Å². The molecule has 5 nitrogen and oxygen atoms in total. The van der Waals surface area contributed by atoms with Crippen LogP contribution in [0.1, 0.15) is 36.3 Å². The van der Waals surface area contributed by atoms with E-state index in [4.69, 9.17) is 9.47 Å². The van der Waals surface area contributed by atoms with Gasteiger partial charge in [-0.2, -0.15) is 0 Å². The third-order valence-corrected chi connectivity index (χ3v) is 5.15. The fraction of sp³-hybridized carbons (Fsp3) is 0.250. The Labute approximate surface area is 170 Å². The van der Waals surface area contributed by atoms with E-state index in [9.17, 15) is 0 Å². The van der Waals surface area contributed by atoms with Crippen molar-refractivity contribution in [2.75, 3.05) is 13.7 Å². The summed E-state index contributed by atoms with van der Waals surface area (Å²) in [5.74, 6) is -0.117. The average molecular weight is 387 g/mol. The monoisotopic (exact) mass is 387 g/mol. The quantitative estimate of drug-likeness (QED) is 0.420. The molecule has 0 bridgehead atoms. The highest BCUT2D eigenvalue weighted by molar-refractivity contribution is 5.74. The van der Waals surface area contributed by atoms with E-state index in [0.29, 0.717) is 6.61 Å². The second-order valence-corrected chi connectivity index (χ2v) is 6.87. The Morgan fingerprint density at radius 3 is 2.10 bits per heavy atom. The third kappa shape index (κ3) is 3.92. The van der Waals surface area contributed by atoms with Gasteiger partial charge in [0.1, 0.15) is 5.52 Å². The summed E-state index contributed by atoms with van der Waals surface area (Å²) in [4.78, 5) is 0. The molecule has 148 valence electrons. The molecule has 0 saturated heterocycles. The second kappa shape index (κ2) is 8.99. The van der Waals surface area contributed by atoms with Gasteiger partial charge in [0.15, 0.2) is 6.23 Å². The number of benzene rings is 3. The number of ether oxygens (including phenoxy) is 2. The predicted molar refractivity (Wildman–Crippen MR) is 114 cm³/mol. The molecule has 29 heavy (non-hydrogen) atoms. The summed E-state index contributed by atoms with van der Waals surface area (Å²) in [5, 5.41) is 8.77. The van der Waals surface area contributed by atoms with Crippen molar-refractivity contribution in [3.05, 3.63) is 96.1 Å². The van der Waals surface area contributed by atoms with Gasteiger partial charge in [-0.3, -0.25) is 0 Å². The molecule has 4 aromatic rings. The number of hydrogen-bond donors (Lipinski definition) is 0. The first-order chi connectivity index (χ1) is 14.3. The number of methoxy groups -OCH3 is 1. The Bertz CT molecular complexity index is 1030. The van der Waals surface area contributed by atoms with Crippen molar-refractivity contribution in [3.8, 4) is 0 Å². The van der Waals surface area contributed by atoms with Gasteiger partial charge in [0.25, 0.3) is 0 Å². The van der Waals surface area contributed by atoms with E-state index in [2.05, 4.69) is 34.6 Å². The molecule has 0 aliphatic carbocycles. The molecular weight excluding hydrogens is 362 g/mol. The number of para-hydroxylation sites is 1. The summed E-state index contributed by atoms with van der Waals surface area (Å²) >= 11 is 0. The zero-order valence-electron chi connectivity index (χ0n) is 16.7. The van der Waals surface area contributed by atoms with Crippen LogP contribution in [0, 0.1) is 0 Å². The largest absolute Gasteiger partial charge is 0.373 e. The van der Waals surface area contributed by atoms with Crippen LogP contribution in [0.5, 0.6) is 0 Å². The molecule has 4 rings (SSSR count). The highest BCUT2D eigenvalue weighted by Crippen LogP contribution is 2.42. The maximum atomic E-state index is 6.30. The second-order valence-electron chi connectivity index (χ2n) is 6.87. The zero-order valence-corrected chi connectivity index (χ0v) is 16.7. The highest BCUT2D eigenvalue weighted by atomic mass is 16.5. The standard InChI is InChI=1S/C24H25N3O2/c1-3-29-23(19-14-8-5-9-15-19)22(18-12-6-4-7-13-18)24(28-2)27-21-17-11-10-16-20(21)25-26-27/h4-17,22-24H,3H2,1-2H3/t22-,23-,24+/m0/s1. The summed E-state index contributed by atoms with van der Waals surface area (Å²) in [7, 11) is 1.71. The number of rotatable bonds is 8. The number of fused-ring (bicyclic) bond motifs is 1. The van der Waals surface area contributed by atoms with Gasteiger partial charge in [-0.25, -0.2) is 4.68 Å². The van der Waals surface area contributed by atoms with Crippen molar-refractivity contribution in [1.29, 1.82) is 0 Å². The summed E-state index contributed by atoms with van der Waals surface area (Å²) in [6, 6.07) is 28.6. The smallest absolute Gasteiger partial charge is 0.161 e.